The quantitative estimate of drug-likeness (QED) is 0.689. The van der Waals surface area contributed by atoms with E-state index in [1.807, 2.05) is 0 Å². The van der Waals surface area contributed by atoms with Crippen LogP contribution in [0.25, 0.3) is 0 Å². The molecule has 0 saturated heterocycles. The van der Waals surface area contributed by atoms with Crippen molar-refractivity contribution in [3.8, 4) is 0 Å². The number of nitrogens with one attached hydrogen (secondary N) is 1. The molecule has 3 rings (SSSR count). The first-order valence-electron chi connectivity index (χ1n) is 8.71. The van der Waals surface area contributed by atoms with E-state index in [9.17, 15) is 23.5 Å². The van der Waals surface area contributed by atoms with E-state index in [2.05, 4.69) is 21.2 Å². The molecular weight excluding hydrogens is 422 g/mol. The lowest BCUT2D eigenvalue weighted by Crippen LogP contribution is -2.33. The minimum absolute atomic E-state index is 0.117. The van der Waals surface area contributed by atoms with E-state index >= 15 is 0 Å². The normalized spacial score (nSPS) is 15.0. The molecule has 144 valence electrons. The number of carboxylic acid groups (broad SMARTS) is 1. The van der Waals surface area contributed by atoms with Crippen LogP contribution in [-0.2, 0) is 0 Å². The van der Waals surface area contributed by atoms with Crippen molar-refractivity contribution in [2.24, 2.45) is 0 Å². The summed E-state index contributed by atoms with van der Waals surface area (Å²) in [5.41, 5.74) is -1.71. The van der Waals surface area contributed by atoms with Gasteiger partial charge < -0.3 is 15.0 Å². The fraction of sp³-hybridized carbons (Fsp3) is 0.368. The first-order valence-corrected chi connectivity index (χ1v) is 9.50. The van der Waals surface area contributed by atoms with Crippen LogP contribution in [0.15, 0.2) is 27.5 Å². The summed E-state index contributed by atoms with van der Waals surface area (Å²) in [4.78, 5) is 24.5. The summed E-state index contributed by atoms with van der Waals surface area (Å²) in [7, 11) is 0. The number of carbonyl (C=O) groups is 1. The summed E-state index contributed by atoms with van der Waals surface area (Å²) >= 11 is 3.12. The summed E-state index contributed by atoms with van der Waals surface area (Å²) < 4.78 is 30.8. The van der Waals surface area contributed by atoms with Gasteiger partial charge in [-0.15, -0.1) is 0 Å². The number of rotatable bonds is 4. The van der Waals surface area contributed by atoms with Gasteiger partial charge >= 0.3 is 5.97 Å². The Morgan fingerprint density at radius 3 is 2.52 bits per heavy atom. The second kappa shape index (κ2) is 7.80. The number of hydrogen-bond donors (Lipinski definition) is 2. The summed E-state index contributed by atoms with van der Waals surface area (Å²) in [6.45, 7) is 1.49. The number of anilines is 2. The Hall–Kier alpha value is -2.22. The number of benzene rings is 1. The van der Waals surface area contributed by atoms with Crippen LogP contribution in [0.4, 0.5) is 20.2 Å². The Bertz CT molecular complexity index is 953. The second-order valence-electron chi connectivity index (χ2n) is 6.67. The van der Waals surface area contributed by atoms with Gasteiger partial charge in [-0.1, -0.05) is 35.2 Å². The maximum Gasteiger partial charge on any atom is 0.339 e. The second-order valence-corrected chi connectivity index (χ2v) is 7.59. The van der Waals surface area contributed by atoms with Crippen molar-refractivity contribution < 1.29 is 18.7 Å². The van der Waals surface area contributed by atoms with Crippen LogP contribution in [0.5, 0.6) is 0 Å². The molecule has 0 unspecified atom stereocenters. The largest absolute Gasteiger partial charge is 0.478 e. The molecule has 0 amide bonds. The number of nitrogens with zero attached hydrogens (tertiary/aromatic N) is 1. The molecule has 1 fully saturated rings. The lowest BCUT2D eigenvalue weighted by molar-refractivity contribution is 0.0695. The van der Waals surface area contributed by atoms with Gasteiger partial charge in [-0.05, 0) is 38.0 Å². The lowest BCUT2D eigenvalue weighted by Gasteiger charge is -2.27. The molecule has 2 N–H and O–H groups in total. The third kappa shape index (κ3) is 3.76. The number of aromatic carboxylic acids is 1. The molecule has 1 aliphatic carbocycles. The molecule has 8 heteroatoms. The molecule has 0 aliphatic heterocycles. The monoisotopic (exact) mass is 440 g/mol. The van der Waals surface area contributed by atoms with Gasteiger partial charge in [-0.25, -0.2) is 9.18 Å². The van der Waals surface area contributed by atoms with Crippen molar-refractivity contribution in [3.63, 3.8) is 0 Å². The van der Waals surface area contributed by atoms with Crippen molar-refractivity contribution in [2.45, 2.75) is 45.1 Å². The van der Waals surface area contributed by atoms with Crippen LogP contribution in [0, 0.1) is 18.6 Å². The van der Waals surface area contributed by atoms with Gasteiger partial charge in [-0.3, -0.25) is 4.79 Å². The Kier molecular flexibility index (Phi) is 5.64. The van der Waals surface area contributed by atoms with Gasteiger partial charge in [0.25, 0.3) is 5.56 Å². The first-order chi connectivity index (χ1) is 12.8. The van der Waals surface area contributed by atoms with E-state index in [1.165, 1.54) is 23.6 Å². The minimum Gasteiger partial charge on any atom is -0.478 e. The Morgan fingerprint density at radius 2 is 1.93 bits per heavy atom. The average Bonchev–Trinajstić information content (AvgIpc) is 2.62. The number of pyridine rings is 1. The molecule has 0 radical (unpaired) electrons. The van der Waals surface area contributed by atoms with Crippen LogP contribution in [0.1, 0.15) is 54.2 Å². The van der Waals surface area contributed by atoms with Crippen molar-refractivity contribution in [2.75, 3.05) is 5.32 Å². The number of aromatic nitrogens is 1. The summed E-state index contributed by atoms with van der Waals surface area (Å²) in [6, 6.07) is 3.81. The fourth-order valence-corrected chi connectivity index (χ4v) is 3.99. The molecule has 1 aromatic carbocycles. The molecule has 2 aromatic rings. The molecule has 27 heavy (non-hydrogen) atoms. The molecule has 0 spiro atoms. The zero-order chi connectivity index (χ0) is 19.7. The maximum atomic E-state index is 14.9. The molecule has 0 atom stereocenters. The highest BCUT2D eigenvalue weighted by Gasteiger charge is 2.28. The van der Waals surface area contributed by atoms with Crippen LogP contribution < -0.4 is 10.9 Å². The topological polar surface area (TPSA) is 71.3 Å². The Morgan fingerprint density at radius 1 is 1.26 bits per heavy atom. The van der Waals surface area contributed by atoms with Crippen molar-refractivity contribution >= 4 is 33.3 Å². The minimum atomic E-state index is -1.38. The summed E-state index contributed by atoms with van der Waals surface area (Å²) in [5, 5.41) is 12.1. The first kappa shape index (κ1) is 19.5. The molecule has 0 bridgehead atoms. The van der Waals surface area contributed by atoms with E-state index in [-0.39, 0.29) is 23.0 Å². The molecule has 1 aliphatic rings. The van der Waals surface area contributed by atoms with E-state index in [0.29, 0.717) is 17.3 Å². The van der Waals surface area contributed by atoms with Gasteiger partial charge in [-0.2, -0.15) is 4.39 Å². The van der Waals surface area contributed by atoms with E-state index in [4.69, 9.17) is 0 Å². The zero-order valence-corrected chi connectivity index (χ0v) is 16.3. The number of hydrogen-bond acceptors (Lipinski definition) is 3. The Balaban J connectivity index is 2.16. The van der Waals surface area contributed by atoms with Gasteiger partial charge in [0.15, 0.2) is 0 Å². The van der Waals surface area contributed by atoms with Crippen molar-refractivity contribution in [3.05, 3.63) is 55.9 Å². The van der Waals surface area contributed by atoms with Crippen molar-refractivity contribution in [1.29, 1.82) is 0 Å². The van der Waals surface area contributed by atoms with Gasteiger partial charge in [0.1, 0.15) is 11.4 Å². The highest BCUT2D eigenvalue weighted by atomic mass is 79.9. The van der Waals surface area contributed by atoms with E-state index < -0.39 is 28.9 Å². The molecular formula is C19H19BrF2N2O3. The highest BCUT2D eigenvalue weighted by Crippen LogP contribution is 2.32. The molecule has 1 saturated carbocycles. The highest BCUT2D eigenvalue weighted by molar-refractivity contribution is 9.10. The van der Waals surface area contributed by atoms with Crippen LogP contribution in [-0.4, -0.2) is 15.6 Å². The average molecular weight is 441 g/mol. The standard InChI is InChI=1S/C19H19BrF2N2O3/c1-10-15(19(26)27)17(23-14-8-7-11(20)9-13(14)21)16(22)18(25)24(10)12-5-3-2-4-6-12/h7-9,12,23H,2-6H2,1H3,(H,26,27). The van der Waals surface area contributed by atoms with Gasteiger partial charge in [0.2, 0.25) is 5.82 Å². The third-order valence-electron chi connectivity index (χ3n) is 4.94. The number of carboxylic acids is 1. The fourth-order valence-electron chi connectivity index (χ4n) is 3.66. The third-order valence-corrected chi connectivity index (χ3v) is 5.44. The van der Waals surface area contributed by atoms with Gasteiger partial charge in [0.05, 0.1) is 11.4 Å². The van der Waals surface area contributed by atoms with Crippen LogP contribution in [0.3, 0.4) is 0 Å². The summed E-state index contributed by atoms with van der Waals surface area (Å²) in [5.74, 6) is -3.30. The van der Waals surface area contributed by atoms with Gasteiger partial charge in [0, 0.05) is 16.2 Å². The molecule has 5 nitrogen and oxygen atoms in total. The predicted molar refractivity (Wildman–Crippen MR) is 102 cm³/mol. The van der Waals surface area contributed by atoms with Crippen LogP contribution in [0.2, 0.25) is 0 Å². The van der Waals surface area contributed by atoms with Crippen molar-refractivity contribution in [1.82, 2.24) is 4.57 Å². The molecule has 1 heterocycles. The lowest BCUT2D eigenvalue weighted by atomic mass is 9.94. The number of halogens is 3. The maximum absolute atomic E-state index is 14.9. The van der Waals surface area contributed by atoms with E-state index in [1.54, 1.807) is 0 Å². The SMILES string of the molecule is Cc1c(C(=O)O)c(Nc2ccc(Br)cc2F)c(F)c(=O)n1C1CCCCC1. The predicted octanol–water partition coefficient (Wildman–Crippen LogP) is 5.14. The zero-order valence-electron chi connectivity index (χ0n) is 14.7. The Labute approximate surface area is 163 Å². The van der Waals surface area contributed by atoms with E-state index in [0.717, 1.165) is 25.3 Å². The van der Waals surface area contributed by atoms with Crippen LogP contribution >= 0.6 is 15.9 Å². The smallest absolute Gasteiger partial charge is 0.339 e. The summed E-state index contributed by atoms with van der Waals surface area (Å²) in [6.07, 6.45) is 4.26. The molecule has 1 aromatic heterocycles.